The van der Waals surface area contributed by atoms with Crippen molar-refractivity contribution in [3.8, 4) is 5.75 Å². The minimum Gasteiger partial charge on any atom is -0.493 e. The molecule has 0 radical (unpaired) electrons. The summed E-state index contributed by atoms with van der Waals surface area (Å²) in [4.78, 5) is 11.2. The van der Waals surface area contributed by atoms with Crippen molar-refractivity contribution in [3.05, 3.63) is 29.8 Å². The van der Waals surface area contributed by atoms with Gasteiger partial charge in [0.1, 0.15) is 5.75 Å². The average Bonchev–Trinajstić information content (AvgIpc) is 2.38. The molecule has 0 aromatic heterocycles. The van der Waals surface area contributed by atoms with Crippen LogP contribution >= 0.6 is 11.8 Å². The highest BCUT2D eigenvalue weighted by Crippen LogP contribution is 2.12. The summed E-state index contributed by atoms with van der Waals surface area (Å²) in [5, 5.41) is 0. The van der Waals surface area contributed by atoms with E-state index in [2.05, 4.69) is 12.3 Å². The first kappa shape index (κ1) is 13.9. The van der Waals surface area contributed by atoms with Crippen LogP contribution in [0.2, 0.25) is 0 Å². The van der Waals surface area contributed by atoms with Crippen LogP contribution < -0.4 is 16.0 Å². The predicted molar refractivity (Wildman–Crippen MR) is 71.2 cm³/mol. The molecule has 0 bridgehead atoms. The Morgan fingerprint density at radius 2 is 2.06 bits per heavy atom. The highest BCUT2D eigenvalue weighted by Gasteiger charge is 2.02. The number of nitrogens with one attached hydrogen (secondary N) is 1. The lowest BCUT2D eigenvalue weighted by Gasteiger charge is -2.06. The standard InChI is InChI=1S/C12H18N2O2S/c1-2-8-17-9-7-16-11-5-3-10(4-6-11)12(15)14-13/h3-6H,2,7-9,13H2,1H3,(H,14,15). The zero-order chi connectivity index (χ0) is 12.5. The van der Waals surface area contributed by atoms with E-state index >= 15 is 0 Å². The smallest absolute Gasteiger partial charge is 0.265 e. The van der Waals surface area contributed by atoms with Crippen LogP contribution in [0, 0.1) is 0 Å². The third-order valence-corrected chi connectivity index (χ3v) is 3.24. The number of hydrogen-bond donors (Lipinski definition) is 2. The summed E-state index contributed by atoms with van der Waals surface area (Å²) in [5.74, 6) is 7.66. The minimum atomic E-state index is -0.296. The molecule has 3 N–H and O–H groups in total. The summed E-state index contributed by atoms with van der Waals surface area (Å²) in [7, 11) is 0. The van der Waals surface area contributed by atoms with Crippen LogP contribution in [0.15, 0.2) is 24.3 Å². The first-order chi connectivity index (χ1) is 8.27. The van der Waals surface area contributed by atoms with E-state index in [1.54, 1.807) is 24.3 Å². The van der Waals surface area contributed by atoms with Gasteiger partial charge in [-0.05, 0) is 36.4 Å². The van der Waals surface area contributed by atoms with Gasteiger partial charge in [0.2, 0.25) is 0 Å². The number of rotatable bonds is 7. The average molecular weight is 254 g/mol. The normalized spacial score (nSPS) is 10.0. The molecule has 0 aliphatic heterocycles. The van der Waals surface area contributed by atoms with Crippen LogP contribution in [0.3, 0.4) is 0 Å². The van der Waals surface area contributed by atoms with E-state index in [0.29, 0.717) is 12.2 Å². The molecule has 0 fully saturated rings. The van der Waals surface area contributed by atoms with Crippen LogP contribution in [-0.4, -0.2) is 24.0 Å². The number of thioether (sulfide) groups is 1. The second-order valence-electron chi connectivity index (χ2n) is 3.46. The van der Waals surface area contributed by atoms with Gasteiger partial charge in [0.25, 0.3) is 5.91 Å². The maximum atomic E-state index is 11.2. The van der Waals surface area contributed by atoms with Crippen molar-refractivity contribution in [3.63, 3.8) is 0 Å². The lowest BCUT2D eigenvalue weighted by atomic mass is 10.2. The van der Waals surface area contributed by atoms with Gasteiger partial charge in [-0.2, -0.15) is 11.8 Å². The van der Waals surface area contributed by atoms with Gasteiger partial charge in [-0.15, -0.1) is 0 Å². The molecule has 1 aromatic carbocycles. The van der Waals surface area contributed by atoms with Crippen molar-refractivity contribution in [2.75, 3.05) is 18.1 Å². The molecule has 0 spiro atoms. The Kier molecular flexibility index (Phi) is 6.50. The molecule has 0 aliphatic rings. The van der Waals surface area contributed by atoms with Crippen molar-refractivity contribution in [2.24, 2.45) is 5.84 Å². The summed E-state index contributed by atoms with van der Waals surface area (Å²) in [6, 6.07) is 6.93. The van der Waals surface area contributed by atoms with Crippen LogP contribution in [0.25, 0.3) is 0 Å². The molecule has 0 saturated carbocycles. The molecule has 5 heteroatoms. The van der Waals surface area contributed by atoms with Gasteiger partial charge < -0.3 is 4.74 Å². The van der Waals surface area contributed by atoms with Crippen molar-refractivity contribution in [2.45, 2.75) is 13.3 Å². The van der Waals surface area contributed by atoms with Gasteiger partial charge in [-0.25, -0.2) is 5.84 Å². The first-order valence-corrected chi connectivity index (χ1v) is 6.75. The van der Waals surface area contributed by atoms with Gasteiger partial charge >= 0.3 is 0 Å². The fourth-order valence-corrected chi connectivity index (χ4v) is 1.94. The molecule has 1 aromatic rings. The Morgan fingerprint density at radius 3 is 2.65 bits per heavy atom. The monoisotopic (exact) mass is 254 g/mol. The quantitative estimate of drug-likeness (QED) is 0.337. The Morgan fingerprint density at radius 1 is 1.35 bits per heavy atom. The number of hydrogen-bond acceptors (Lipinski definition) is 4. The van der Waals surface area contributed by atoms with Crippen molar-refractivity contribution >= 4 is 17.7 Å². The van der Waals surface area contributed by atoms with Gasteiger partial charge in [-0.3, -0.25) is 10.2 Å². The molecule has 0 atom stereocenters. The number of carbonyl (C=O) groups is 1. The number of nitrogen functional groups attached to an aromatic ring is 1. The number of benzene rings is 1. The Balaban J connectivity index is 2.33. The van der Waals surface area contributed by atoms with Crippen molar-refractivity contribution in [1.29, 1.82) is 0 Å². The van der Waals surface area contributed by atoms with Gasteiger partial charge in [0, 0.05) is 11.3 Å². The fourth-order valence-electron chi connectivity index (χ4n) is 1.25. The molecule has 0 aliphatic carbocycles. The maximum absolute atomic E-state index is 11.2. The highest BCUT2D eigenvalue weighted by molar-refractivity contribution is 7.99. The Labute approximate surface area is 106 Å². The lowest BCUT2D eigenvalue weighted by molar-refractivity contribution is 0.0953. The number of carbonyl (C=O) groups excluding carboxylic acids is 1. The number of amides is 1. The van der Waals surface area contributed by atoms with E-state index in [1.165, 1.54) is 12.2 Å². The van der Waals surface area contributed by atoms with Crippen LogP contribution in [0.4, 0.5) is 0 Å². The topological polar surface area (TPSA) is 64.3 Å². The number of hydrazine groups is 1. The fraction of sp³-hybridized carbons (Fsp3) is 0.417. The second kappa shape index (κ2) is 7.97. The Bertz CT molecular complexity index is 341. The zero-order valence-corrected chi connectivity index (χ0v) is 10.8. The summed E-state index contributed by atoms with van der Waals surface area (Å²) in [5.41, 5.74) is 2.61. The zero-order valence-electron chi connectivity index (χ0n) is 9.94. The molecule has 1 rings (SSSR count). The lowest BCUT2D eigenvalue weighted by Crippen LogP contribution is -2.29. The SMILES string of the molecule is CCCSCCOc1ccc(C(=O)NN)cc1. The molecule has 0 saturated heterocycles. The van der Waals surface area contributed by atoms with Gasteiger partial charge in [0.05, 0.1) is 6.61 Å². The first-order valence-electron chi connectivity index (χ1n) is 5.59. The molecule has 4 nitrogen and oxygen atoms in total. The predicted octanol–water partition coefficient (Wildman–Crippen LogP) is 1.81. The van der Waals surface area contributed by atoms with E-state index in [-0.39, 0.29) is 5.91 Å². The van der Waals surface area contributed by atoms with E-state index in [0.717, 1.165) is 11.5 Å². The van der Waals surface area contributed by atoms with Crippen molar-refractivity contribution in [1.82, 2.24) is 5.43 Å². The van der Waals surface area contributed by atoms with Crippen LogP contribution in [0.5, 0.6) is 5.75 Å². The van der Waals surface area contributed by atoms with Crippen LogP contribution in [0.1, 0.15) is 23.7 Å². The number of ether oxygens (including phenoxy) is 1. The van der Waals surface area contributed by atoms with E-state index in [4.69, 9.17) is 10.6 Å². The van der Waals surface area contributed by atoms with Crippen molar-refractivity contribution < 1.29 is 9.53 Å². The minimum absolute atomic E-state index is 0.296. The maximum Gasteiger partial charge on any atom is 0.265 e. The van der Waals surface area contributed by atoms with E-state index < -0.39 is 0 Å². The largest absolute Gasteiger partial charge is 0.493 e. The van der Waals surface area contributed by atoms with Crippen LogP contribution in [-0.2, 0) is 0 Å². The Hall–Kier alpha value is -1.20. The van der Waals surface area contributed by atoms with Gasteiger partial charge in [0.15, 0.2) is 0 Å². The second-order valence-corrected chi connectivity index (χ2v) is 4.68. The third-order valence-electron chi connectivity index (χ3n) is 2.09. The highest BCUT2D eigenvalue weighted by atomic mass is 32.2. The molecular formula is C12H18N2O2S. The summed E-state index contributed by atoms with van der Waals surface area (Å²) >= 11 is 1.88. The third kappa shape index (κ3) is 5.10. The molecule has 0 unspecified atom stereocenters. The molecule has 0 heterocycles. The molecule has 94 valence electrons. The van der Waals surface area contributed by atoms with E-state index in [9.17, 15) is 4.79 Å². The summed E-state index contributed by atoms with van der Waals surface area (Å²) in [6.45, 7) is 2.85. The summed E-state index contributed by atoms with van der Waals surface area (Å²) < 4.78 is 5.54. The number of nitrogens with two attached hydrogens (primary N) is 1. The molecule has 1 amide bonds. The molecular weight excluding hydrogens is 236 g/mol. The van der Waals surface area contributed by atoms with Gasteiger partial charge in [-0.1, -0.05) is 6.92 Å². The van der Waals surface area contributed by atoms with E-state index in [1.807, 2.05) is 11.8 Å². The summed E-state index contributed by atoms with van der Waals surface area (Å²) in [6.07, 6.45) is 1.19. The molecule has 17 heavy (non-hydrogen) atoms.